The third-order valence-electron chi connectivity index (χ3n) is 13.3. The first-order valence-electron chi connectivity index (χ1n) is 21.5. The lowest BCUT2D eigenvalue weighted by Gasteiger charge is -2.22. The van der Waals surface area contributed by atoms with Crippen molar-refractivity contribution in [1.29, 1.82) is 0 Å². The summed E-state index contributed by atoms with van der Waals surface area (Å²) in [5.41, 5.74) is 5.82. The first-order valence-corrected chi connectivity index (χ1v) is 23.2. The zero-order valence-electron chi connectivity index (χ0n) is 33.4. The van der Waals surface area contributed by atoms with E-state index >= 15 is 0 Å². The molecule has 0 aliphatic rings. The monoisotopic (exact) mass is 764 g/mol. The summed E-state index contributed by atoms with van der Waals surface area (Å²) in [6, 6.07) is 38.3. The molecule has 0 aliphatic carbocycles. The highest BCUT2D eigenvalue weighted by Gasteiger charge is 2.24. The van der Waals surface area contributed by atoms with E-state index in [2.05, 4.69) is 136 Å². The maximum absolute atomic E-state index is 2.53. The fourth-order valence-electron chi connectivity index (χ4n) is 10.3. The minimum atomic E-state index is 0.760. The average Bonchev–Trinajstić information content (AvgIpc) is 3.91. The lowest BCUT2D eigenvalue weighted by atomic mass is 9.81. The standard InChI is InChI=1S/C54H52S2/c1-5-9-15-33(7-3)25-35-27-47(55-31-35)51-41-19-13-11-17-39(41)45-29-38-22-24-44-52(48-28-36(32-56-48)26-34(8-4)16-10-6-2)42-20-14-12-18-40(42)46-30-37-21-23-43(51)53(45)49(37)50(38)54(44)46/h11-14,17-24,27-34H,5-10,15-16,25-26H2,1-4H3. The number of rotatable bonds is 14. The van der Waals surface area contributed by atoms with Crippen molar-refractivity contribution in [2.45, 2.75) is 91.9 Å². The van der Waals surface area contributed by atoms with E-state index in [-0.39, 0.29) is 0 Å². The summed E-state index contributed by atoms with van der Waals surface area (Å²) in [5.74, 6) is 1.52. The summed E-state index contributed by atoms with van der Waals surface area (Å²) in [6.07, 6.45) is 12.7. The molecule has 0 saturated heterocycles. The molecule has 0 amide bonds. The van der Waals surface area contributed by atoms with Gasteiger partial charge in [0.1, 0.15) is 0 Å². The van der Waals surface area contributed by atoms with E-state index in [1.165, 1.54) is 172 Å². The van der Waals surface area contributed by atoms with E-state index in [1.54, 1.807) is 0 Å². The summed E-state index contributed by atoms with van der Waals surface area (Å²) >= 11 is 3.89. The quantitative estimate of drug-likeness (QED) is 0.0764. The largest absolute Gasteiger partial charge is 0.143 e. The molecule has 10 rings (SSSR count). The average molecular weight is 765 g/mol. The second-order valence-electron chi connectivity index (χ2n) is 16.7. The van der Waals surface area contributed by atoms with Crippen molar-refractivity contribution in [3.8, 4) is 20.9 Å². The van der Waals surface area contributed by atoms with Gasteiger partial charge in [0.05, 0.1) is 0 Å². The highest BCUT2D eigenvalue weighted by atomic mass is 32.1. The van der Waals surface area contributed by atoms with Gasteiger partial charge in [0, 0.05) is 20.9 Å². The van der Waals surface area contributed by atoms with Crippen molar-refractivity contribution in [1.82, 2.24) is 0 Å². The van der Waals surface area contributed by atoms with Gasteiger partial charge in [-0.15, -0.1) is 22.7 Å². The molecule has 0 N–H and O–H groups in total. The Bertz CT molecular complexity index is 2790. The smallest absolute Gasteiger partial charge is 0.0358 e. The molecule has 56 heavy (non-hydrogen) atoms. The molecule has 0 aliphatic heterocycles. The van der Waals surface area contributed by atoms with Crippen LogP contribution in [0.4, 0.5) is 0 Å². The molecule has 2 heterocycles. The zero-order chi connectivity index (χ0) is 37.9. The van der Waals surface area contributed by atoms with Crippen LogP contribution < -0.4 is 0 Å². The number of fused-ring (bicyclic) bond motifs is 4. The summed E-state index contributed by atoms with van der Waals surface area (Å²) in [6.45, 7) is 9.38. The second kappa shape index (κ2) is 14.8. The highest BCUT2D eigenvalue weighted by Crippen LogP contribution is 2.52. The van der Waals surface area contributed by atoms with E-state index in [9.17, 15) is 0 Å². The van der Waals surface area contributed by atoms with Crippen molar-refractivity contribution >= 4 is 98.1 Å². The molecule has 0 saturated carbocycles. The Morgan fingerprint density at radius 3 is 1.27 bits per heavy atom. The first-order chi connectivity index (χ1) is 27.6. The molecule has 0 spiro atoms. The molecule has 0 nitrogen and oxygen atoms in total. The van der Waals surface area contributed by atoms with E-state index < -0.39 is 0 Å². The molecule has 8 aromatic carbocycles. The number of unbranched alkanes of at least 4 members (excludes halogenated alkanes) is 2. The van der Waals surface area contributed by atoms with Gasteiger partial charge in [-0.1, -0.05) is 152 Å². The molecule has 2 aromatic heterocycles. The molecule has 2 unspecified atom stereocenters. The van der Waals surface area contributed by atoms with Crippen LogP contribution in [-0.2, 0) is 12.8 Å². The molecule has 0 radical (unpaired) electrons. The first kappa shape index (κ1) is 35.9. The Balaban J connectivity index is 1.22. The molecule has 0 bridgehead atoms. The van der Waals surface area contributed by atoms with Gasteiger partial charge in [0.2, 0.25) is 0 Å². The predicted octanol–water partition coefficient (Wildman–Crippen LogP) is 17.6. The van der Waals surface area contributed by atoms with Crippen LogP contribution in [0, 0.1) is 11.8 Å². The van der Waals surface area contributed by atoms with Gasteiger partial charge in [-0.05, 0) is 146 Å². The maximum Gasteiger partial charge on any atom is 0.0358 e. The lowest BCUT2D eigenvalue weighted by molar-refractivity contribution is 0.449. The van der Waals surface area contributed by atoms with Crippen LogP contribution in [0.5, 0.6) is 0 Å². The third-order valence-corrected chi connectivity index (χ3v) is 15.3. The van der Waals surface area contributed by atoms with Crippen LogP contribution >= 0.6 is 22.7 Å². The van der Waals surface area contributed by atoms with Gasteiger partial charge in [-0.25, -0.2) is 0 Å². The van der Waals surface area contributed by atoms with Gasteiger partial charge in [0.15, 0.2) is 0 Å². The van der Waals surface area contributed by atoms with Crippen LogP contribution in [0.3, 0.4) is 0 Å². The zero-order valence-corrected chi connectivity index (χ0v) is 35.1. The molecule has 280 valence electrons. The SMILES string of the molecule is CCCCC(CC)Cc1csc(-c2c3ccccc3c3cc4ccc5c(-c6cc(CC(CC)CCCC)cs6)c6ccccc6c6cc7ccc2c3c7c4c56)c1. The molecular weight excluding hydrogens is 713 g/mol. The van der Waals surface area contributed by atoms with E-state index in [0.717, 1.165) is 11.8 Å². The number of hydrogen-bond acceptors (Lipinski definition) is 2. The Labute approximate surface area is 339 Å². The van der Waals surface area contributed by atoms with E-state index in [4.69, 9.17) is 0 Å². The van der Waals surface area contributed by atoms with Gasteiger partial charge in [-0.2, -0.15) is 0 Å². The van der Waals surface area contributed by atoms with Crippen molar-refractivity contribution in [3.05, 3.63) is 119 Å². The van der Waals surface area contributed by atoms with Crippen LogP contribution in [0.2, 0.25) is 0 Å². The number of thiophene rings is 2. The predicted molar refractivity (Wildman–Crippen MR) is 252 cm³/mol. The van der Waals surface area contributed by atoms with Crippen LogP contribution in [0.15, 0.2) is 108 Å². The maximum atomic E-state index is 2.53. The van der Waals surface area contributed by atoms with E-state index in [1.807, 2.05) is 22.7 Å². The third kappa shape index (κ3) is 5.82. The second-order valence-corrected chi connectivity index (χ2v) is 18.6. The minimum absolute atomic E-state index is 0.760. The summed E-state index contributed by atoms with van der Waals surface area (Å²) < 4.78 is 0. The van der Waals surface area contributed by atoms with Crippen molar-refractivity contribution in [2.75, 3.05) is 0 Å². The molecule has 10 aromatic rings. The molecule has 0 fully saturated rings. The Hall–Kier alpha value is -4.50. The fourth-order valence-corrected chi connectivity index (χ4v) is 12.3. The van der Waals surface area contributed by atoms with Crippen LogP contribution in [0.1, 0.15) is 90.2 Å². The summed E-state index contributed by atoms with van der Waals surface area (Å²) in [7, 11) is 0. The van der Waals surface area contributed by atoms with Crippen molar-refractivity contribution < 1.29 is 0 Å². The van der Waals surface area contributed by atoms with Gasteiger partial charge in [0.25, 0.3) is 0 Å². The van der Waals surface area contributed by atoms with E-state index in [0.29, 0.717) is 0 Å². The van der Waals surface area contributed by atoms with Crippen molar-refractivity contribution in [3.63, 3.8) is 0 Å². The van der Waals surface area contributed by atoms with Crippen LogP contribution in [0.25, 0.3) is 96.3 Å². The number of benzene rings is 8. The normalized spacial score (nSPS) is 13.6. The van der Waals surface area contributed by atoms with Gasteiger partial charge >= 0.3 is 0 Å². The number of hydrogen-bond donors (Lipinski definition) is 0. The van der Waals surface area contributed by atoms with Crippen LogP contribution in [-0.4, -0.2) is 0 Å². The molecular formula is C54H52S2. The molecule has 2 atom stereocenters. The fraction of sp³-hybridized carbons (Fsp3) is 0.296. The summed E-state index contributed by atoms with van der Waals surface area (Å²) in [4.78, 5) is 2.80. The molecule has 2 heteroatoms. The van der Waals surface area contributed by atoms with Gasteiger partial charge < -0.3 is 0 Å². The highest BCUT2D eigenvalue weighted by molar-refractivity contribution is 7.14. The minimum Gasteiger partial charge on any atom is -0.143 e. The summed E-state index contributed by atoms with van der Waals surface area (Å²) in [5, 5.41) is 24.3. The topological polar surface area (TPSA) is 0 Å². The Morgan fingerprint density at radius 2 is 0.857 bits per heavy atom. The Kier molecular flexibility index (Phi) is 9.47. The van der Waals surface area contributed by atoms with Gasteiger partial charge in [-0.3, -0.25) is 0 Å². The lowest BCUT2D eigenvalue weighted by Crippen LogP contribution is -2.02. The van der Waals surface area contributed by atoms with Crippen molar-refractivity contribution in [2.24, 2.45) is 11.8 Å². The Morgan fingerprint density at radius 1 is 0.429 bits per heavy atom.